The fourth-order valence-corrected chi connectivity index (χ4v) is 6.47. The highest BCUT2D eigenvalue weighted by molar-refractivity contribution is 7.25. The standard InChI is InChI=1S/C37H25NS/c38-24-33-7-4-8-36-37(33)34-23-32(21-22-35(34)39-36)31-19-17-30(18-20-31)29-15-13-28(14-16-29)27-11-9-26(10-12-27)25-5-2-1-3-6-25/h1-24,38H. The van der Waals surface area contributed by atoms with Crippen molar-refractivity contribution in [3.63, 3.8) is 0 Å². The van der Waals surface area contributed by atoms with Crippen LogP contribution in [-0.2, 0) is 0 Å². The Bertz CT molecular complexity index is 1930. The lowest BCUT2D eigenvalue weighted by atomic mass is 9.96. The first-order valence-corrected chi connectivity index (χ1v) is 13.9. The second-order valence-electron chi connectivity index (χ2n) is 9.78. The molecule has 0 aliphatic carbocycles. The van der Waals surface area contributed by atoms with E-state index in [9.17, 15) is 0 Å². The second kappa shape index (κ2) is 9.83. The largest absolute Gasteiger partial charge is 0.308 e. The van der Waals surface area contributed by atoms with Gasteiger partial charge in [-0.2, -0.15) is 0 Å². The topological polar surface area (TPSA) is 23.9 Å². The van der Waals surface area contributed by atoms with Crippen LogP contribution in [0.1, 0.15) is 5.56 Å². The van der Waals surface area contributed by atoms with E-state index in [-0.39, 0.29) is 0 Å². The predicted octanol–water partition coefficient (Wildman–Crippen LogP) is 10.7. The van der Waals surface area contributed by atoms with Crippen molar-refractivity contribution >= 4 is 37.7 Å². The summed E-state index contributed by atoms with van der Waals surface area (Å²) in [6, 6.07) is 49.8. The van der Waals surface area contributed by atoms with Gasteiger partial charge in [-0.1, -0.05) is 121 Å². The number of nitrogens with one attached hydrogen (secondary N) is 1. The third-order valence-electron chi connectivity index (χ3n) is 7.44. The van der Waals surface area contributed by atoms with Crippen LogP contribution in [0, 0.1) is 5.41 Å². The second-order valence-corrected chi connectivity index (χ2v) is 10.9. The number of hydrogen-bond donors (Lipinski definition) is 1. The summed E-state index contributed by atoms with van der Waals surface area (Å²) in [6.45, 7) is 0. The van der Waals surface area contributed by atoms with Crippen molar-refractivity contribution in [2.75, 3.05) is 0 Å². The van der Waals surface area contributed by atoms with Crippen LogP contribution in [0.5, 0.6) is 0 Å². The Morgan fingerprint density at radius 2 is 0.872 bits per heavy atom. The minimum Gasteiger partial charge on any atom is -0.308 e. The average molecular weight is 516 g/mol. The van der Waals surface area contributed by atoms with E-state index in [0.717, 1.165) is 5.56 Å². The highest BCUT2D eigenvalue weighted by atomic mass is 32.1. The van der Waals surface area contributed by atoms with E-state index >= 15 is 0 Å². The van der Waals surface area contributed by atoms with Gasteiger partial charge in [0.25, 0.3) is 0 Å². The van der Waals surface area contributed by atoms with Gasteiger partial charge < -0.3 is 5.41 Å². The van der Waals surface area contributed by atoms with Gasteiger partial charge in [-0.25, -0.2) is 0 Å². The molecule has 0 spiro atoms. The summed E-state index contributed by atoms with van der Waals surface area (Å²) in [5, 5.41) is 10.3. The Morgan fingerprint density at radius 1 is 0.410 bits per heavy atom. The number of benzene rings is 6. The summed E-state index contributed by atoms with van der Waals surface area (Å²) < 4.78 is 2.49. The minimum absolute atomic E-state index is 0.974. The molecule has 2 heteroatoms. The Hall–Kier alpha value is -4.79. The zero-order valence-electron chi connectivity index (χ0n) is 21.3. The van der Waals surface area contributed by atoms with Crippen LogP contribution in [0.2, 0.25) is 0 Å². The van der Waals surface area contributed by atoms with Crippen LogP contribution in [-0.4, -0.2) is 6.21 Å². The summed E-state index contributed by atoms with van der Waals surface area (Å²) >= 11 is 1.79. The quantitative estimate of drug-likeness (QED) is 0.220. The Balaban J connectivity index is 1.14. The van der Waals surface area contributed by atoms with Crippen LogP contribution in [0.4, 0.5) is 0 Å². The normalized spacial score (nSPS) is 11.2. The van der Waals surface area contributed by atoms with Crippen molar-refractivity contribution in [3.8, 4) is 44.5 Å². The molecule has 1 N–H and O–H groups in total. The molecule has 6 aromatic carbocycles. The first-order chi connectivity index (χ1) is 19.3. The molecule has 0 aliphatic heterocycles. The van der Waals surface area contributed by atoms with E-state index in [0.29, 0.717) is 0 Å². The molecule has 7 aromatic rings. The van der Waals surface area contributed by atoms with Gasteiger partial charge in [0.05, 0.1) is 0 Å². The fourth-order valence-electron chi connectivity index (χ4n) is 5.35. The predicted molar refractivity (Wildman–Crippen MR) is 169 cm³/mol. The third-order valence-corrected chi connectivity index (χ3v) is 8.58. The lowest BCUT2D eigenvalue weighted by Crippen LogP contribution is -1.83. The minimum atomic E-state index is 0.974. The molecule has 0 atom stereocenters. The molecule has 1 aromatic heterocycles. The maximum Gasteiger partial charge on any atom is 0.0361 e. The summed E-state index contributed by atoms with van der Waals surface area (Å²) in [6.07, 6.45) is 1.46. The van der Waals surface area contributed by atoms with Gasteiger partial charge in [0.1, 0.15) is 0 Å². The van der Waals surface area contributed by atoms with Crippen LogP contribution in [0.15, 0.2) is 140 Å². The highest BCUT2D eigenvalue weighted by Gasteiger charge is 2.10. The van der Waals surface area contributed by atoms with Crippen molar-refractivity contribution in [2.24, 2.45) is 0 Å². The van der Waals surface area contributed by atoms with Gasteiger partial charge in [0.15, 0.2) is 0 Å². The molecule has 0 amide bonds. The molecule has 0 fully saturated rings. The molecular weight excluding hydrogens is 490 g/mol. The molecule has 184 valence electrons. The molecule has 0 saturated carbocycles. The van der Waals surface area contributed by atoms with E-state index in [4.69, 9.17) is 5.41 Å². The van der Waals surface area contributed by atoms with Gasteiger partial charge in [-0.15, -0.1) is 11.3 Å². The monoisotopic (exact) mass is 515 g/mol. The first-order valence-electron chi connectivity index (χ1n) is 13.1. The van der Waals surface area contributed by atoms with Crippen LogP contribution in [0.25, 0.3) is 64.7 Å². The molecule has 7 rings (SSSR count). The van der Waals surface area contributed by atoms with E-state index in [1.807, 2.05) is 18.2 Å². The zero-order chi connectivity index (χ0) is 26.2. The molecule has 0 aliphatic rings. The highest BCUT2D eigenvalue weighted by Crippen LogP contribution is 2.38. The number of hydrogen-bond acceptors (Lipinski definition) is 2. The maximum absolute atomic E-state index is 7.85. The summed E-state index contributed by atoms with van der Waals surface area (Å²) in [5.74, 6) is 0. The Labute approximate surface area is 232 Å². The lowest BCUT2D eigenvalue weighted by Gasteiger charge is -2.08. The molecular formula is C37H25NS. The Morgan fingerprint density at radius 3 is 1.38 bits per heavy atom. The molecule has 0 unspecified atom stereocenters. The van der Waals surface area contributed by atoms with Crippen molar-refractivity contribution in [3.05, 3.63) is 145 Å². The third kappa shape index (κ3) is 4.35. The maximum atomic E-state index is 7.85. The van der Waals surface area contributed by atoms with E-state index in [2.05, 4.69) is 121 Å². The van der Waals surface area contributed by atoms with Gasteiger partial charge >= 0.3 is 0 Å². The summed E-state index contributed by atoms with van der Waals surface area (Å²) in [5.41, 5.74) is 10.7. The first kappa shape index (κ1) is 23.3. The number of rotatable bonds is 5. The molecule has 0 radical (unpaired) electrons. The van der Waals surface area contributed by atoms with Crippen molar-refractivity contribution in [2.45, 2.75) is 0 Å². The van der Waals surface area contributed by atoms with E-state index in [1.54, 1.807) is 11.3 Å². The number of thiophene rings is 1. The van der Waals surface area contributed by atoms with Gasteiger partial charge in [0, 0.05) is 32.0 Å². The number of fused-ring (bicyclic) bond motifs is 3. The van der Waals surface area contributed by atoms with Gasteiger partial charge in [0.2, 0.25) is 0 Å². The molecule has 1 heterocycles. The molecule has 39 heavy (non-hydrogen) atoms. The van der Waals surface area contributed by atoms with Crippen molar-refractivity contribution in [1.82, 2.24) is 0 Å². The molecule has 1 nitrogen and oxygen atoms in total. The summed E-state index contributed by atoms with van der Waals surface area (Å²) in [4.78, 5) is 0. The van der Waals surface area contributed by atoms with E-state index < -0.39 is 0 Å². The van der Waals surface area contributed by atoms with Crippen LogP contribution >= 0.6 is 11.3 Å². The fraction of sp³-hybridized carbons (Fsp3) is 0. The van der Waals surface area contributed by atoms with Crippen molar-refractivity contribution < 1.29 is 0 Å². The SMILES string of the molecule is N=Cc1cccc2sc3ccc(-c4ccc(-c5ccc(-c6ccc(-c7ccccc7)cc6)cc5)cc4)cc3c12. The van der Waals surface area contributed by atoms with E-state index in [1.165, 1.54) is 70.9 Å². The van der Waals surface area contributed by atoms with Gasteiger partial charge in [-0.05, 0) is 62.7 Å². The average Bonchev–Trinajstić information content (AvgIpc) is 3.40. The lowest BCUT2D eigenvalue weighted by molar-refractivity contribution is 1.56. The zero-order valence-corrected chi connectivity index (χ0v) is 22.1. The summed E-state index contributed by atoms with van der Waals surface area (Å²) in [7, 11) is 0. The Kier molecular flexibility index (Phi) is 5.88. The van der Waals surface area contributed by atoms with Crippen LogP contribution < -0.4 is 0 Å². The smallest absolute Gasteiger partial charge is 0.0361 e. The molecule has 0 bridgehead atoms. The van der Waals surface area contributed by atoms with Crippen molar-refractivity contribution in [1.29, 1.82) is 5.41 Å². The van der Waals surface area contributed by atoms with Crippen LogP contribution in [0.3, 0.4) is 0 Å². The molecule has 0 saturated heterocycles. The van der Waals surface area contributed by atoms with Gasteiger partial charge in [-0.3, -0.25) is 0 Å².